The van der Waals surface area contributed by atoms with Gasteiger partial charge in [-0.05, 0) is 61.5 Å². The Labute approximate surface area is 164 Å². The van der Waals surface area contributed by atoms with E-state index in [1.54, 1.807) is 6.07 Å². The quantitative estimate of drug-likeness (QED) is 0.651. The average Bonchev–Trinajstić information content (AvgIpc) is 2.73. The van der Waals surface area contributed by atoms with E-state index in [2.05, 4.69) is 0 Å². The van der Waals surface area contributed by atoms with Crippen molar-refractivity contribution in [2.75, 3.05) is 20.7 Å². The number of aliphatic hydroxyl groups excluding tert-OH is 1. The molecule has 2 aromatic rings. The van der Waals surface area contributed by atoms with Crippen molar-refractivity contribution in [2.45, 2.75) is 38.7 Å². The van der Waals surface area contributed by atoms with Gasteiger partial charge in [0.05, 0.1) is 33.9 Å². The lowest BCUT2D eigenvalue weighted by molar-refractivity contribution is 0.0976. The molecule has 0 amide bonds. The highest BCUT2D eigenvalue weighted by Crippen LogP contribution is 2.28. The van der Waals surface area contributed by atoms with Crippen molar-refractivity contribution >= 4 is 0 Å². The van der Waals surface area contributed by atoms with Crippen LogP contribution in [0.15, 0.2) is 42.4 Å². The van der Waals surface area contributed by atoms with Gasteiger partial charge in [0.1, 0.15) is 12.4 Å². The predicted molar refractivity (Wildman–Crippen MR) is 99.8 cm³/mol. The number of aryl methyl sites for hydroxylation is 1. The van der Waals surface area contributed by atoms with E-state index in [1.165, 1.54) is 19.1 Å². The van der Waals surface area contributed by atoms with Crippen LogP contribution in [0.5, 0.6) is 17.2 Å². The van der Waals surface area contributed by atoms with Crippen LogP contribution in [-0.2, 0) is 6.42 Å². The maximum Gasteiger partial charge on any atom is 0.160 e. The number of hydrogen-bond acceptors (Lipinski definition) is 4. The molecule has 136 valence electrons. The summed E-state index contributed by atoms with van der Waals surface area (Å²) in [6, 6.07) is 3.32. The van der Waals surface area contributed by atoms with Crippen LogP contribution in [-0.4, -0.2) is 31.9 Å². The second kappa shape index (κ2) is 9.94. The fourth-order valence-electron chi connectivity index (χ4n) is 2.33. The fourth-order valence-corrected chi connectivity index (χ4v) is 2.33. The van der Waals surface area contributed by atoms with E-state index in [9.17, 15) is 5.11 Å². The molecule has 0 aliphatic heterocycles. The highest BCUT2D eigenvalue weighted by atomic mass is 16.5. The lowest BCUT2D eigenvalue weighted by Crippen LogP contribution is -2.17. The summed E-state index contributed by atoms with van der Waals surface area (Å²) in [5.41, 5.74) is 0.923. The van der Waals surface area contributed by atoms with Crippen molar-refractivity contribution in [3.05, 3.63) is 53.5 Å². The van der Waals surface area contributed by atoms with Gasteiger partial charge < -0.3 is 19.3 Å². The third-order valence-corrected chi connectivity index (χ3v) is 3.63. The van der Waals surface area contributed by atoms with Crippen molar-refractivity contribution < 1.29 is 33.0 Å². The van der Waals surface area contributed by atoms with Crippen molar-refractivity contribution in [1.29, 1.82) is 0 Å². The zero-order chi connectivity index (χ0) is 26.6. The maximum absolute atomic E-state index is 10.2. The largest absolute Gasteiger partial charge is 0.493 e. The molecule has 0 saturated carbocycles. The Hall–Kier alpha value is -2.20. The van der Waals surface area contributed by atoms with Crippen molar-refractivity contribution in [1.82, 2.24) is 0 Å². The zero-order valence-electron chi connectivity index (χ0n) is 24.0. The summed E-state index contributed by atoms with van der Waals surface area (Å²) >= 11 is 0. The second-order valence-electron chi connectivity index (χ2n) is 5.65. The van der Waals surface area contributed by atoms with Gasteiger partial charge in [0.25, 0.3) is 0 Å². The molecule has 0 saturated heterocycles. The second-order valence-corrected chi connectivity index (χ2v) is 5.65. The first kappa shape index (κ1) is 9.48. The van der Waals surface area contributed by atoms with E-state index >= 15 is 0 Å². The zero-order valence-corrected chi connectivity index (χ0v) is 14.0. The maximum atomic E-state index is 10.2. The number of unbranched alkanes of at least 4 members (excludes halogenated alkanes) is 1. The fraction of sp³-hybridized carbons (Fsp3) is 0.429. The number of ether oxygens (including phenoxy) is 3. The van der Waals surface area contributed by atoms with Crippen LogP contribution in [0.3, 0.4) is 0 Å². The van der Waals surface area contributed by atoms with Crippen LogP contribution in [0.2, 0.25) is 0 Å². The third-order valence-electron chi connectivity index (χ3n) is 3.63. The van der Waals surface area contributed by atoms with Gasteiger partial charge in [-0.1, -0.05) is 24.6 Å². The first-order valence-corrected chi connectivity index (χ1v) is 7.98. The number of hydrogen-bond donors (Lipinski definition) is 1. The lowest BCUT2D eigenvalue weighted by Gasteiger charge is -2.13. The van der Waals surface area contributed by atoms with Crippen LogP contribution >= 0.6 is 0 Å². The molecule has 4 heteroatoms. The van der Waals surface area contributed by atoms with Crippen LogP contribution in [0.4, 0.5) is 0 Å². The third kappa shape index (κ3) is 6.31. The van der Waals surface area contributed by atoms with Crippen molar-refractivity contribution in [3.63, 3.8) is 0 Å². The minimum atomic E-state index is -2.78. The Morgan fingerprint density at radius 1 is 1.16 bits per heavy atom. The van der Waals surface area contributed by atoms with Gasteiger partial charge in [-0.25, -0.2) is 0 Å². The van der Waals surface area contributed by atoms with Crippen LogP contribution in [0, 0.1) is 6.92 Å². The molecule has 1 atom stereocenters. The summed E-state index contributed by atoms with van der Waals surface area (Å²) < 4.78 is 90.0. The molecule has 2 aromatic carbocycles. The summed E-state index contributed by atoms with van der Waals surface area (Å²) in [7, 11) is -5.55. The monoisotopic (exact) mass is 354 g/mol. The van der Waals surface area contributed by atoms with E-state index in [0.717, 1.165) is 0 Å². The summed E-state index contributed by atoms with van der Waals surface area (Å²) in [5.74, 6) is -0.541. The number of aliphatic hydroxyl groups is 1. The van der Waals surface area contributed by atoms with E-state index in [-0.39, 0.29) is 53.6 Å². The topological polar surface area (TPSA) is 47.9 Å². The molecular formula is C21H28O4. The highest BCUT2D eigenvalue weighted by molar-refractivity contribution is 5.42. The first-order valence-electron chi connectivity index (χ1n) is 13.0. The van der Waals surface area contributed by atoms with Gasteiger partial charge in [0, 0.05) is 0 Å². The van der Waals surface area contributed by atoms with Crippen molar-refractivity contribution in [3.8, 4) is 17.2 Å². The minimum Gasteiger partial charge on any atom is -0.493 e. The van der Waals surface area contributed by atoms with Gasteiger partial charge in [-0.2, -0.15) is 0 Å². The molecule has 1 N–H and O–H groups in total. The lowest BCUT2D eigenvalue weighted by atomic mass is 10.0. The molecule has 0 aromatic heterocycles. The van der Waals surface area contributed by atoms with Crippen LogP contribution in [0.25, 0.3) is 0 Å². The van der Waals surface area contributed by atoms with E-state index < -0.39 is 20.2 Å². The van der Waals surface area contributed by atoms with Gasteiger partial charge in [-0.3, -0.25) is 0 Å². The molecule has 0 aliphatic rings. The molecule has 25 heavy (non-hydrogen) atoms. The van der Waals surface area contributed by atoms with E-state index in [4.69, 9.17) is 27.9 Å². The first-order chi connectivity index (χ1) is 16.1. The smallest absolute Gasteiger partial charge is 0.160 e. The summed E-state index contributed by atoms with van der Waals surface area (Å²) in [5, 5.41) is 10.2. The minimum absolute atomic E-state index is 0.135. The van der Waals surface area contributed by atoms with Gasteiger partial charge >= 0.3 is 0 Å². The molecule has 0 fully saturated rings. The number of benzene rings is 2. The molecule has 0 aliphatic carbocycles. The number of rotatable bonds is 10. The summed E-state index contributed by atoms with van der Waals surface area (Å²) in [6.07, 6.45) is 1.15. The SMILES string of the molecule is [2H]c1c([2H])c(C)c([2H])c(OCC(O)CCCCc2ccc(OC([2H])([2H])[2H])c(OC([2H])([2H])[2H])c2)c1[2H]. The normalized spacial score (nSPS) is 18.6. The Bertz CT molecular complexity index is 992. The van der Waals surface area contributed by atoms with Gasteiger partial charge in [0.15, 0.2) is 11.5 Å². The summed E-state index contributed by atoms with van der Waals surface area (Å²) in [6.45, 7) is 1.33. The van der Waals surface area contributed by atoms with Crippen LogP contribution < -0.4 is 14.2 Å². The molecule has 0 spiro atoms. The van der Waals surface area contributed by atoms with Gasteiger partial charge in [-0.15, -0.1) is 0 Å². The molecule has 0 bridgehead atoms. The molecular weight excluding hydrogens is 316 g/mol. The Morgan fingerprint density at radius 2 is 2.00 bits per heavy atom. The predicted octanol–water partition coefficient (Wildman–Crippen LogP) is 4.16. The molecule has 0 heterocycles. The Balaban J connectivity index is 1.92. The Kier molecular flexibility index (Phi) is 3.77. The molecule has 2 rings (SSSR count). The summed E-state index contributed by atoms with van der Waals surface area (Å²) in [4.78, 5) is 0. The van der Waals surface area contributed by atoms with Crippen LogP contribution in [0.1, 0.15) is 44.1 Å². The van der Waals surface area contributed by atoms with Gasteiger partial charge in [0.2, 0.25) is 0 Å². The highest BCUT2D eigenvalue weighted by Gasteiger charge is 2.07. The molecule has 0 radical (unpaired) electrons. The number of methoxy groups -OCH3 is 2. The Morgan fingerprint density at radius 3 is 2.84 bits per heavy atom. The van der Waals surface area contributed by atoms with E-state index in [0.29, 0.717) is 31.2 Å². The molecule has 1 unspecified atom stereocenters. The van der Waals surface area contributed by atoms with Crippen molar-refractivity contribution in [2.24, 2.45) is 0 Å². The average molecular weight is 355 g/mol. The molecule has 4 nitrogen and oxygen atoms in total. The van der Waals surface area contributed by atoms with E-state index in [1.807, 2.05) is 0 Å². The standard InChI is InChI=1S/C21H28O4/c1-16-7-6-10-19(13-16)25-15-18(22)9-5-4-8-17-11-12-20(23-2)21(14-17)24-3/h6-7,10-14,18,22H,4-5,8-9,15H2,1-3H3/i2D3,3D3,6D,7D,10D,13D.